The molecular formula is C17H20ClFN4O3S. The van der Waals surface area contributed by atoms with Crippen LogP contribution in [0.5, 0.6) is 0 Å². The molecule has 1 amide bonds. The van der Waals surface area contributed by atoms with E-state index in [1.54, 1.807) is 18.0 Å². The van der Waals surface area contributed by atoms with Crippen molar-refractivity contribution in [3.63, 3.8) is 0 Å². The van der Waals surface area contributed by atoms with E-state index < -0.39 is 20.9 Å². The Kier molecular flexibility index (Phi) is 5.81. The van der Waals surface area contributed by atoms with Gasteiger partial charge in [0.05, 0.1) is 5.25 Å². The van der Waals surface area contributed by atoms with Crippen molar-refractivity contribution in [3.8, 4) is 0 Å². The van der Waals surface area contributed by atoms with Crippen molar-refractivity contribution in [2.24, 2.45) is 7.05 Å². The number of sulfone groups is 1. The largest absolute Gasteiger partial charge is 0.343 e. The van der Waals surface area contributed by atoms with Gasteiger partial charge in [-0.3, -0.25) is 4.79 Å². The predicted octanol–water partition coefficient (Wildman–Crippen LogP) is 2.01. The highest BCUT2D eigenvalue weighted by atomic mass is 35.5. The third-order valence-electron chi connectivity index (χ3n) is 4.81. The van der Waals surface area contributed by atoms with E-state index in [1.165, 1.54) is 23.0 Å². The van der Waals surface area contributed by atoms with E-state index in [2.05, 4.69) is 10.2 Å². The molecule has 1 saturated heterocycles. The summed E-state index contributed by atoms with van der Waals surface area (Å²) in [4.78, 5) is 14.0. The van der Waals surface area contributed by atoms with Gasteiger partial charge >= 0.3 is 0 Å². The van der Waals surface area contributed by atoms with Gasteiger partial charge in [0.25, 0.3) is 0 Å². The van der Waals surface area contributed by atoms with E-state index in [1.807, 2.05) is 0 Å². The summed E-state index contributed by atoms with van der Waals surface area (Å²) in [6, 6.07) is 4.42. The Hall–Kier alpha value is -2.00. The zero-order valence-corrected chi connectivity index (χ0v) is 16.4. The molecule has 27 heavy (non-hydrogen) atoms. The topological polar surface area (TPSA) is 85.2 Å². The molecular weight excluding hydrogens is 395 g/mol. The number of rotatable bonds is 5. The van der Waals surface area contributed by atoms with Gasteiger partial charge in [0.2, 0.25) is 20.9 Å². The van der Waals surface area contributed by atoms with Gasteiger partial charge in [-0.25, -0.2) is 12.8 Å². The number of carbonyl (C=O) groups is 1. The van der Waals surface area contributed by atoms with E-state index in [4.69, 9.17) is 11.6 Å². The zero-order chi connectivity index (χ0) is 19.6. The maximum absolute atomic E-state index is 13.8. The molecule has 7 nitrogen and oxygen atoms in total. The van der Waals surface area contributed by atoms with E-state index in [9.17, 15) is 17.6 Å². The quantitative estimate of drug-likeness (QED) is 0.747. The van der Waals surface area contributed by atoms with Crippen LogP contribution in [-0.4, -0.2) is 52.3 Å². The predicted molar refractivity (Wildman–Crippen MR) is 97.5 cm³/mol. The molecule has 1 aliphatic rings. The van der Waals surface area contributed by atoms with Gasteiger partial charge < -0.3 is 9.47 Å². The second-order valence-electron chi connectivity index (χ2n) is 6.55. The second kappa shape index (κ2) is 7.93. The molecule has 1 aromatic carbocycles. The van der Waals surface area contributed by atoms with Crippen molar-refractivity contribution >= 4 is 27.3 Å². The Labute approximate surface area is 162 Å². The van der Waals surface area contributed by atoms with Crippen LogP contribution in [0.3, 0.4) is 0 Å². The van der Waals surface area contributed by atoms with Crippen LogP contribution in [0.4, 0.5) is 4.39 Å². The van der Waals surface area contributed by atoms with Crippen LogP contribution in [0.25, 0.3) is 0 Å². The maximum atomic E-state index is 13.8. The summed E-state index contributed by atoms with van der Waals surface area (Å²) < 4.78 is 40.5. The summed E-state index contributed by atoms with van der Waals surface area (Å²) in [7, 11) is -2.00. The Balaban J connectivity index is 1.57. The smallest absolute Gasteiger partial charge is 0.249 e. The van der Waals surface area contributed by atoms with Gasteiger partial charge in [0.15, 0.2) is 0 Å². The molecule has 0 aliphatic carbocycles. The van der Waals surface area contributed by atoms with Crippen molar-refractivity contribution < 1.29 is 17.6 Å². The highest BCUT2D eigenvalue weighted by Crippen LogP contribution is 2.24. The minimum Gasteiger partial charge on any atom is -0.343 e. The Morgan fingerprint density at radius 3 is 2.63 bits per heavy atom. The lowest BCUT2D eigenvalue weighted by Crippen LogP contribution is -2.43. The molecule has 0 unspecified atom stereocenters. The molecule has 0 radical (unpaired) electrons. The fraction of sp³-hybridized carbons (Fsp3) is 0.471. The molecule has 1 aliphatic heterocycles. The molecule has 0 bridgehead atoms. The van der Waals surface area contributed by atoms with Crippen molar-refractivity contribution in [2.75, 3.05) is 13.1 Å². The van der Waals surface area contributed by atoms with Crippen LogP contribution in [-0.2, 0) is 28.1 Å². The summed E-state index contributed by atoms with van der Waals surface area (Å²) in [5.41, 5.74) is 0.326. The minimum absolute atomic E-state index is 0.0542. The SMILES string of the molecule is Cn1cnnc1S(=O)(=O)C1CCN(C(=O)CCc2c(F)cccc2Cl)CC1. The van der Waals surface area contributed by atoms with Crippen molar-refractivity contribution in [1.29, 1.82) is 0 Å². The van der Waals surface area contributed by atoms with Gasteiger partial charge in [-0.2, -0.15) is 0 Å². The number of likely N-dealkylation sites (tertiary alicyclic amines) is 1. The molecule has 0 N–H and O–H groups in total. The Morgan fingerprint density at radius 1 is 1.33 bits per heavy atom. The van der Waals surface area contributed by atoms with E-state index in [0.717, 1.165) is 0 Å². The number of hydrogen-bond donors (Lipinski definition) is 0. The third kappa shape index (κ3) is 4.14. The highest BCUT2D eigenvalue weighted by Gasteiger charge is 2.35. The van der Waals surface area contributed by atoms with E-state index in [-0.39, 0.29) is 23.9 Å². The molecule has 1 fully saturated rings. The molecule has 146 valence electrons. The fourth-order valence-electron chi connectivity index (χ4n) is 3.26. The number of hydrogen-bond acceptors (Lipinski definition) is 5. The van der Waals surface area contributed by atoms with Crippen molar-refractivity contribution in [2.45, 2.75) is 36.1 Å². The van der Waals surface area contributed by atoms with Crippen LogP contribution < -0.4 is 0 Å². The summed E-state index contributed by atoms with van der Waals surface area (Å²) in [5.74, 6) is -0.562. The first-order valence-corrected chi connectivity index (χ1v) is 10.5. The lowest BCUT2D eigenvalue weighted by atomic mass is 10.1. The van der Waals surface area contributed by atoms with Crippen LogP contribution >= 0.6 is 11.6 Å². The van der Waals surface area contributed by atoms with Gasteiger partial charge in [-0.05, 0) is 31.4 Å². The Bertz CT molecular complexity index is 919. The number of piperidine rings is 1. The molecule has 2 heterocycles. The normalized spacial score (nSPS) is 15.9. The average molecular weight is 415 g/mol. The first-order valence-electron chi connectivity index (χ1n) is 8.59. The highest BCUT2D eigenvalue weighted by molar-refractivity contribution is 7.91. The molecule has 3 rings (SSSR count). The summed E-state index contributed by atoms with van der Waals surface area (Å²) in [6.45, 7) is 0.678. The van der Waals surface area contributed by atoms with Crippen molar-refractivity contribution in [1.82, 2.24) is 19.7 Å². The van der Waals surface area contributed by atoms with E-state index >= 15 is 0 Å². The van der Waals surface area contributed by atoms with Crippen molar-refractivity contribution in [3.05, 3.63) is 40.9 Å². The van der Waals surface area contributed by atoms with Gasteiger partial charge in [0.1, 0.15) is 12.1 Å². The second-order valence-corrected chi connectivity index (χ2v) is 9.08. The van der Waals surface area contributed by atoms with Crippen LogP contribution in [0, 0.1) is 5.82 Å². The van der Waals surface area contributed by atoms with Gasteiger partial charge in [0, 0.05) is 37.1 Å². The number of nitrogens with zero attached hydrogens (tertiary/aromatic N) is 4. The summed E-state index contributed by atoms with van der Waals surface area (Å²) >= 11 is 5.99. The number of aryl methyl sites for hydroxylation is 1. The number of benzene rings is 1. The first kappa shape index (κ1) is 19.8. The summed E-state index contributed by atoms with van der Waals surface area (Å²) in [5, 5.41) is 6.97. The molecule has 2 aromatic rings. The van der Waals surface area contributed by atoms with E-state index in [0.29, 0.717) is 36.5 Å². The Morgan fingerprint density at radius 2 is 2.04 bits per heavy atom. The number of carbonyl (C=O) groups excluding carboxylic acids is 1. The minimum atomic E-state index is -3.58. The van der Waals surface area contributed by atoms with Gasteiger partial charge in [-0.1, -0.05) is 17.7 Å². The lowest BCUT2D eigenvalue weighted by molar-refractivity contribution is -0.132. The lowest BCUT2D eigenvalue weighted by Gasteiger charge is -2.31. The van der Waals surface area contributed by atoms with Crippen LogP contribution in [0.15, 0.2) is 29.7 Å². The number of amides is 1. The monoisotopic (exact) mass is 414 g/mol. The molecule has 1 aromatic heterocycles. The first-order chi connectivity index (χ1) is 12.8. The molecule has 0 atom stereocenters. The van der Waals surface area contributed by atoms with Crippen LogP contribution in [0.2, 0.25) is 5.02 Å². The van der Waals surface area contributed by atoms with Crippen LogP contribution in [0.1, 0.15) is 24.8 Å². The molecule has 0 spiro atoms. The average Bonchev–Trinajstić information content (AvgIpc) is 3.08. The number of halogens is 2. The zero-order valence-electron chi connectivity index (χ0n) is 14.8. The molecule has 0 saturated carbocycles. The standard InChI is InChI=1S/C17H20ClFN4O3S/c1-22-11-20-21-17(22)27(25,26)12-7-9-23(10-8-12)16(24)6-5-13-14(18)3-2-4-15(13)19/h2-4,11-12H,5-10H2,1H3. The number of aromatic nitrogens is 3. The maximum Gasteiger partial charge on any atom is 0.249 e. The third-order valence-corrected chi connectivity index (χ3v) is 7.39. The summed E-state index contributed by atoms with van der Waals surface area (Å²) in [6.07, 6.45) is 2.35. The van der Waals surface area contributed by atoms with Gasteiger partial charge in [-0.15, -0.1) is 10.2 Å². The molecule has 10 heteroatoms. The fourth-order valence-corrected chi connectivity index (χ4v) is 5.25.